The molecule has 0 spiro atoms. The largest absolute Gasteiger partial charge is 0.336 e. The van der Waals surface area contributed by atoms with Crippen LogP contribution in [0.1, 0.15) is 43.6 Å². The standard InChI is InChI=1S/C17H30N6O/c1-13(2)16-12-22(8-3-7-21(16)10-14-4-5-14)17(24)15-11-23(9-6-18)20-19-15/h11,13-14,16H,3-10,12,18H2,1-2H3/t16-/m0/s1. The van der Waals surface area contributed by atoms with Crippen LogP contribution in [0.25, 0.3) is 0 Å². The number of carbonyl (C=O) groups excluding carboxylic acids is 1. The monoisotopic (exact) mass is 334 g/mol. The number of nitrogens with zero attached hydrogens (tertiary/aromatic N) is 5. The lowest BCUT2D eigenvalue weighted by molar-refractivity contribution is 0.0698. The first-order valence-electron chi connectivity index (χ1n) is 9.22. The van der Waals surface area contributed by atoms with Crippen molar-refractivity contribution < 1.29 is 4.79 Å². The van der Waals surface area contributed by atoms with E-state index in [0.717, 1.165) is 32.0 Å². The van der Waals surface area contributed by atoms with Crippen LogP contribution >= 0.6 is 0 Å². The molecule has 0 radical (unpaired) electrons. The van der Waals surface area contributed by atoms with Crippen molar-refractivity contribution in [1.82, 2.24) is 24.8 Å². The van der Waals surface area contributed by atoms with E-state index >= 15 is 0 Å². The lowest BCUT2D eigenvalue weighted by Crippen LogP contribution is -2.46. The molecule has 1 amide bonds. The minimum atomic E-state index is -0.00260. The van der Waals surface area contributed by atoms with Crippen LogP contribution in [0, 0.1) is 11.8 Å². The third-order valence-corrected chi connectivity index (χ3v) is 5.11. The summed E-state index contributed by atoms with van der Waals surface area (Å²) in [4.78, 5) is 17.4. The molecule has 1 saturated heterocycles. The van der Waals surface area contributed by atoms with E-state index in [1.807, 2.05) is 4.90 Å². The molecule has 0 bridgehead atoms. The molecule has 0 aromatic carbocycles. The molecule has 1 saturated carbocycles. The highest BCUT2D eigenvalue weighted by Crippen LogP contribution is 2.32. The molecule has 7 nitrogen and oxygen atoms in total. The lowest BCUT2D eigenvalue weighted by atomic mass is 10.0. The summed E-state index contributed by atoms with van der Waals surface area (Å²) >= 11 is 0. The number of nitrogens with two attached hydrogens (primary N) is 1. The highest BCUT2D eigenvalue weighted by Gasteiger charge is 2.33. The van der Waals surface area contributed by atoms with Crippen molar-refractivity contribution in [2.45, 2.75) is 45.7 Å². The molecule has 1 aliphatic heterocycles. The van der Waals surface area contributed by atoms with Gasteiger partial charge in [-0.3, -0.25) is 14.4 Å². The van der Waals surface area contributed by atoms with Gasteiger partial charge in [0.1, 0.15) is 0 Å². The van der Waals surface area contributed by atoms with E-state index in [0.29, 0.717) is 30.7 Å². The van der Waals surface area contributed by atoms with Crippen LogP contribution in [0.15, 0.2) is 6.20 Å². The maximum absolute atomic E-state index is 12.8. The van der Waals surface area contributed by atoms with Gasteiger partial charge in [0.15, 0.2) is 5.69 Å². The number of aromatic nitrogens is 3. The van der Waals surface area contributed by atoms with Crippen molar-refractivity contribution in [2.75, 3.05) is 32.7 Å². The Kier molecular flexibility index (Phi) is 5.50. The van der Waals surface area contributed by atoms with Gasteiger partial charge in [-0.1, -0.05) is 19.1 Å². The SMILES string of the molecule is CC(C)[C@@H]1CN(C(=O)c2cn(CCN)nn2)CCCN1CC1CC1. The summed E-state index contributed by atoms with van der Waals surface area (Å²) in [7, 11) is 0. The predicted octanol–water partition coefficient (Wildman–Crippen LogP) is 0.819. The Morgan fingerprint density at radius 1 is 1.38 bits per heavy atom. The molecule has 7 heteroatoms. The van der Waals surface area contributed by atoms with Crippen molar-refractivity contribution in [3.05, 3.63) is 11.9 Å². The molecule has 2 heterocycles. The molecule has 1 aromatic rings. The zero-order valence-corrected chi connectivity index (χ0v) is 14.9. The van der Waals surface area contributed by atoms with E-state index in [1.54, 1.807) is 10.9 Å². The third-order valence-electron chi connectivity index (χ3n) is 5.11. The van der Waals surface area contributed by atoms with Crippen LogP contribution in [-0.4, -0.2) is 69.5 Å². The summed E-state index contributed by atoms with van der Waals surface area (Å²) in [5.74, 6) is 1.41. The predicted molar refractivity (Wildman–Crippen MR) is 92.5 cm³/mol. The van der Waals surface area contributed by atoms with Gasteiger partial charge in [-0.2, -0.15) is 0 Å². The Morgan fingerprint density at radius 2 is 2.17 bits per heavy atom. The van der Waals surface area contributed by atoms with Gasteiger partial charge in [-0.25, -0.2) is 0 Å². The smallest absolute Gasteiger partial charge is 0.276 e. The number of amides is 1. The highest BCUT2D eigenvalue weighted by molar-refractivity contribution is 5.92. The molecule has 2 aliphatic rings. The maximum Gasteiger partial charge on any atom is 0.276 e. The van der Waals surface area contributed by atoms with Crippen molar-refractivity contribution in [1.29, 1.82) is 0 Å². The molecular formula is C17H30N6O. The van der Waals surface area contributed by atoms with E-state index in [4.69, 9.17) is 5.73 Å². The first-order valence-corrected chi connectivity index (χ1v) is 9.22. The number of hydrogen-bond donors (Lipinski definition) is 1. The Bertz CT molecular complexity index is 553. The minimum absolute atomic E-state index is 0.00260. The molecule has 24 heavy (non-hydrogen) atoms. The number of carbonyl (C=O) groups is 1. The van der Waals surface area contributed by atoms with Gasteiger partial charge in [0.25, 0.3) is 5.91 Å². The first kappa shape index (κ1) is 17.4. The van der Waals surface area contributed by atoms with E-state index in [-0.39, 0.29) is 5.91 Å². The summed E-state index contributed by atoms with van der Waals surface area (Å²) < 4.78 is 1.64. The van der Waals surface area contributed by atoms with Crippen LogP contribution in [0.2, 0.25) is 0 Å². The minimum Gasteiger partial charge on any atom is -0.336 e. The van der Waals surface area contributed by atoms with Gasteiger partial charge in [-0.15, -0.1) is 5.10 Å². The van der Waals surface area contributed by atoms with E-state index in [9.17, 15) is 4.79 Å². The summed E-state index contributed by atoms with van der Waals surface area (Å²) in [6.07, 6.45) is 5.48. The molecule has 1 atom stereocenters. The molecule has 3 rings (SSSR count). The van der Waals surface area contributed by atoms with E-state index < -0.39 is 0 Å². The van der Waals surface area contributed by atoms with Crippen LogP contribution in [0.3, 0.4) is 0 Å². The number of rotatable bonds is 6. The highest BCUT2D eigenvalue weighted by atomic mass is 16.2. The van der Waals surface area contributed by atoms with E-state index in [1.165, 1.54) is 19.4 Å². The topological polar surface area (TPSA) is 80.3 Å². The quantitative estimate of drug-likeness (QED) is 0.833. The molecule has 0 unspecified atom stereocenters. The van der Waals surface area contributed by atoms with Crippen LogP contribution in [0.5, 0.6) is 0 Å². The average molecular weight is 334 g/mol. The summed E-state index contributed by atoms with van der Waals surface area (Å²) in [5.41, 5.74) is 5.96. The second kappa shape index (κ2) is 7.61. The summed E-state index contributed by atoms with van der Waals surface area (Å²) in [6.45, 7) is 9.46. The van der Waals surface area contributed by atoms with Crippen LogP contribution in [-0.2, 0) is 6.54 Å². The first-order chi connectivity index (χ1) is 11.6. The maximum atomic E-state index is 12.8. The van der Waals surface area contributed by atoms with Gasteiger partial charge in [0.2, 0.25) is 0 Å². The second-order valence-electron chi connectivity index (χ2n) is 7.51. The zero-order valence-electron chi connectivity index (χ0n) is 14.9. The molecular weight excluding hydrogens is 304 g/mol. The summed E-state index contributed by atoms with van der Waals surface area (Å²) in [6, 6.07) is 0.427. The molecule has 2 fully saturated rings. The Morgan fingerprint density at radius 3 is 2.83 bits per heavy atom. The van der Waals surface area contributed by atoms with Gasteiger partial charge in [0, 0.05) is 38.8 Å². The van der Waals surface area contributed by atoms with E-state index in [2.05, 4.69) is 29.1 Å². The molecule has 1 aliphatic carbocycles. The zero-order chi connectivity index (χ0) is 17.1. The van der Waals surface area contributed by atoms with Crippen LogP contribution in [0.4, 0.5) is 0 Å². The van der Waals surface area contributed by atoms with Gasteiger partial charge >= 0.3 is 0 Å². The fourth-order valence-corrected chi connectivity index (χ4v) is 3.54. The molecule has 134 valence electrons. The average Bonchev–Trinajstić information content (AvgIpc) is 3.29. The molecule has 2 N–H and O–H groups in total. The summed E-state index contributed by atoms with van der Waals surface area (Å²) in [5, 5.41) is 8.03. The van der Waals surface area contributed by atoms with Gasteiger partial charge < -0.3 is 10.6 Å². The third kappa shape index (κ3) is 4.13. The van der Waals surface area contributed by atoms with Gasteiger partial charge in [-0.05, 0) is 31.1 Å². The van der Waals surface area contributed by atoms with Crippen molar-refractivity contribution in [3.8, 4) is 0 Å². The van der Waals surface area contributed by atoms with Crippen molar-refractivity contribution >= 4 is 5.91 Å². The van der Waals surface area contributed by atoms with Crippen LogP contribution < -0.4 is 5.73 Å². The van der Waals surface area contributed by atoms with Gasteiger partial charge in [0.05, 0.1) is 12.7 Å². The molecule has 1 aromatic heterocycles. The Hall–Kier alpha value is -1.47. The normalized spacial score (nSPS) is 22.8. The second-order valence-corrected chi connectivity index (χ2v) is 7.51. The lowest BCUT2D eigenvalue weighted by Gasteiger charge is -2.34. The fraction of sp³-hybridized carbons (Fsp3) is 0.824. The fourth-order valence-electron chi connectivity index (χ4n) is 3.54. The number of hydrogen-bond acceptors (Lipinski definition) is 5. The Balaban J connectivity index is 1.68. The van der Waals surface area contributed by atoms with Crippen molar-refractivity contribution in [3.63, 3.8) is 0 Å². The Labute approximate surface area is 144 Å². The van der Waals surface area contributed by atoms with Crippen molar-refractivity contribution in [2.24, 2.45) is 17.6 Å².